The van der Waals surface area contributed by atoms with Gasteiger partial charge in [0, 0.05) is 30.8 Å². The van der Waals surface area contributed by atoms with Crippen molar-refractivity contribution in [3.63, 3.8) is 0 Å². The monoisotopic (exact) mass is 362 g/mol. The second-order valence-electron chi connectivity index (χ2n) is 7.11. The van der Waals surface area contributed by atoms with Crippen LogP contribution < -0.4 is 5.32 Å². The molecule has 0 fully saturated rings. The summed E-state index contributed by atoms with van der Waals surface area (Å²) in [5.41, 5.74) is 0.0327. The van der Waals surface area contributed by atoms with Gasteiger partial charge < -0.3 is 9.88 Å². The molecule has 0 aliphatic heterocycles. The van der Waals surface area contributed by atoms with Crippen molar-refractivity contribution in [3.8, 4) is 0 Å². The van der Waals surface area contributed by atoms with Gasteiger partial charge in [-0.3, -0.25) is 14.4 Å². The van der Waals surface area contributed by atoms with Gasteiger partial charge in [-0.05, 0) is 44.5 Å². The minimum absolute atomic E-state index is 0.0860. The number of benzene rings is 1. The summed E-state index contributed by atoms with van der Waals surface area (Å²) in [5, 5.41) is 2.57. The van der Waals surface area contributed by atoms with Crippen molar-refractivity contribution in [2.75, 3.05) is 0 Å². The molecule has 1 amide bonds. The molecule has 0 radical (unpaired) electrons. The Morgan fingerprint density at radius 3 is 2.31 bits per heavy atom. The maximum Gasteiger partial charge on any atom is 0.292 e. The van der Waals surface area contributed by atoms with E-state index >= 15 is 0 Å². The summed E-state index contributed by atoms with van der Waals surface area (Å²) in [5.74, 6) is -3.91. The van der Waals surface area contributed by atoms with Crippen molar-refractivity contribution in [3.05, 3.63) is 58.9 Å². The Morgan fingerprint density at radius 2 is 1.73 bits per heavy atom. The standard InChI is InChI=1S/C19H20F2N2O3/c1-19(2,3)22-18(26)17(25)12-9-15(23(4)10-12)16(24)8-11-5-6-13(20)14(21)7-11/h5-7,9-10H,8H2,1-4H3,(H,22,26). The molecular formula is C19H20F2N2O3. The van der Waals surface area contributed by atoms with E-state index in [0.29, 0.717) is 5.56 Å². The van der Waals surface area contributed by atoms with Gasteiger partial charge in [0.15, 0.2) is 17.4 Å². The highest BCUT2D eigenvalue weighted by Crippen LogP contribution is 2.15. The van der Waals surface area contributed by atoms with Crippen LogP contribution in [0.5, 0.6) is 0 Å². The second-order valence-corrected chi connectivity index (χ2v) is 7.11. The zero-order valence-electron chi connectivity index (χ0n) is 15.0. The quantitative estimate of drug-likeness (QED) is 0.657. The highest BCUT2D eigenvalue weighted by atomic mass is 19.2. The van der Waals surface area contributed by atoms with E-state index in [-0.39, 0.29) is 23.5 Å². The Kier molecular flexibility index (Phi) is 5.39. The largest absolute Gasteiger partial charge is 0.347 e. The van der Waals surface area contributed by atoms with Crippen LogP contribution in [0.3, 0.4) is 0 Å². The Balaban J connectivity index is 2.18. The van der Waals surface area contributed by atoms with E-state index < -0.39 is 28.9 Å². The molecule has 0 atom stereocenters. The van der Waals surface area contributed by atoms with Crippen LogP contribution in [0.15, 0.2) is 30.5 Å². The Labute approximate surface area is 150 Å². The Morgan fingerprint density at radius 1 is 1.08 bits per heavy atom. The lowest BCUT2D eigenvalue weighted by Crippen LogP contribution is -2.44. The highest BCUT2D eigenvalue weighted by molar-refractivity contribution is 6.43. The van der Waals surface area contributed by atoms with Gasteiger partial charge in [-0.2, -0.15) is 0 Å². The van der Waals surface area contributed by atoms with Crippen molar-refractivity contribution in [2.45, 2.75) is 32.7 Å². The Bertz CT molecular complexity index is 879. The van der Waals surface area contributed by atoms with Crippen LogP contribution in [0.2, 0.25) is 0 Å². The summed E-state index contributed by atoms with van der Waals surface area (Å²) in [4.78, 5) is 36.6. The van der Waals surface area contributed by atoms with Gasteiger partial charge in [0.25, 0.3) is 11.7 Å². The number of halogens is 2. The molecule has 1 aromatic carbocycles. The van der Waals surface area contributed by atoms with Crippen LogP contribution in [-0.2, 0) is 18.3 Å². The van der Waals surface area contributed by atoms with E-state index in [1.54, 1.807) is 27.8 Å². The Hall–Kier alpha value is -2.83. The summed E-state index contributed by atoms with van der Waals surface area (Å²) in [6.07, 6.45) is 1.24. The number of aryl methyl sites for hydroxylation is 1. The molecule has 0 aliphatic carbocycles. The number of carbonyl (C=O) groups excluding carboxylic acids is 3. The van der Waals surface area contributed by atoms with Crippen LogP contribution in [0, 0.1) is 11.6 Å². The number of hydrogen-bond donors (Lipinski definition) is 1. The zero-order chi connectivity index (χ0) is 19.6. The molecule has 5 nitrogen and oxygen atoms in total. The van der Waals surface area contributed by atoms with Crippen LogP contribution in [0.4, 0.5) is 8.78 Å². The summed E-state index contributed by atoms with van der Waals surface area (Å²) in [6.45, 7) is 5.25. The van der Waals surface area contributed by atoms with Crippen LogP contribution in [0.25, 0.3) is 0 Å². The first-order valence-corrected chi connectivity index (χ1v) is 7.98. The molecule has 0 aliphatic rings. The number of nitrogens with one attached hydrogen (secondary N) is 1. The predicted octanol–water partition coefficient (Wildman–Crippen LogP) is 2.83. The third-order valence-corrected chi connectivity index (χ3v) is 3.60. The van der Waals surface area contributed by atoms with Crippen molar-refractivity contribution in [1.82, 2.24) is 9.88 Å². The molecule has 138 valence electrons. The predicted molar refractivity (Wildman–Crippen MR) is 92.0 cm³/mol. The fourth-order valence-corrected chi connectivity index (χ4v) is 2.42. The molecule has 0 unspecified atom stereocenters. The maximum atomic E-state index is 13.3. The first-order valence-electron chi connectivity index (χ1n) is 7.98. The van der Waals surface area contributed by atoms with Crippen molar-refractivity contribution in [2.24, 2.45) is 7.05 Å². The first-order chi connectivity index (χ1) is 12.0. The molecule has 2 aromatic rings. The SMILES string of the molecule is Cn1cc(C(=O)C(=O)NC(C)(C)C)cc1C(=O)Cc1ccc(F)c(F)c1. The molecule has 0 bridgehead atoms. The molecule has 2 rings (SSSR count). The average Bonchev–Trinajstić information content (AvgIpc) is 2.90. The highest BCUT2D eigenvalue weighted by Gasteiger charge is 2.24. The third kappa shape index (κ3) is 4.62. The van der Waals surface area contributed by atoms with Gasteiger partial charge in [0.2, 0.25) is 0 Å². The van der Waals surface area contributed by atoms with E-state index in [2.05, 4.69) is 5.32 Å². The molecule has 1 N–H and O–H groups in total. The van der Waals surface area contributed by atoms with Gasteiger partial charge in [0.1, 0.15) is 0 Å². The molecule has 7 heteroatoms. The number of aromatic nitrogens is 1. The van der Waals surface area contributed by atoms with Crippen molar-refractivity contribution >= 4 is 17.5 Å². The van der Waals surface area contributed by atoms with Gasteiger partial charge >= 0.3 is 0 Å². The molecule has 1 aromatic heterocycles. The molecular weight excluding hydrogens is 342 g/mol. The number of nitrogens with zero attached hydrogens (tertiary/aromatic N) is 1. The molecule has 0 saturated heterocycles. The minimum Gasteiger partial charge on any atom is -0.347 e. The molecule has 26 heavy (non-hydrogen) atoms. The van der Waals surface area contributed by atoms with Crippen molar-refractivity contribution < 1.29 is 23.2 Å². The van der Waals surface area contributed by atoms with E-state index in [0.717, 1.165) is 12.1 Å². The van der Waals surface area contributed by atoms with Gasteiger partial charge in [-0.25, -0.2) is 8.78 Å². The van der Waals surface area contributed by atoms with E-state index in [1.165, 1.54) is 22.9 Å². The van der Waals surface area contributed by atoms with Gasteiger partial charge in [0.05, 0.1) is 5.69 Å². The van der Waals surface area contributed by atoms with Crippen LogP contribution in [0.1, 0.15) is 47.2 Å². The fraction of sp³-hybridized carbons (Fsp3) is 0.316. The first kappa shape index (κ1) is 19.5. The second kappa shape index (κ2) is 7.19. The summed E-state index contributed by atoms with van der Waals surface area (Å²) >= 11 is 0. The van der Waals surface area contributed by atoms with E-state index in [1.807, 2.05) is 0 Å². The normalized spacial score (nSPS) is 11.3. The lowest BCUT2D eigenvalue weighted by molar-refractivity contribution is -0.118. The third-order valence-electron chi connectivity index (χ3n) is 3.60. The molecule has 1 heterocycles. The van der Waals surface area contributed by atoms with Gasteiger partial charge in [-0.15, -0.1) is 0 Å². The summed E-state index contributed by atoms with van der Waals surface area (Å²) < 4.78 is 27.7. The summed E-state index contributed by atoms with van der Waals surface area (Å²) in [6, 6.07) is 4.56. The van der Waals surface area contributed by atoms with E-state index in [9.17, 15) is 23.2 Å². The number of hydrogen-bond acceptors (Lipinski definition) is 3. The fourth-order valence-electron chi connectivity index (χ4n) is 2.42. The number of rotatable bonds is 5. The maximum absolute atomic E-state index is 13.3. The smallest absolute Gasteiger partial charge is 0.292 e. The van der Waals surface area contributed by atoms with E-state index in [4.69, 9.17) is 0 Å². The number of amides is 1. The summed E-state index contributed by atoms with van der Waals surface area (Å²) in [7, 11) is 1.57. The van der Waals surface area contributed by atoms with Crippen molar-refractivity contribution in [1.29, 1.82) is 0 Å². The van der Waals surface area contributed by atoms with Crippen LogP contribution in [-0.4, -0.2) is 27.6 Å². The topological polar surface area (TPSA) is 68.2 Å². The number of ketones is 2. The lowest BCUT2D eigenvalue weighted by atomic mass is 10.1. The molecule has 0 saturated carbocycles. The number of Topliss-reactive ketones (excluding diaryl/α,β-unsaturated/α-hetero) is 2. The van der Waals surface area contributed by atoms with Gasteiger partial charge in [-0.1, -0.05) is 6.07 Å². The minimum atomic E-state index is -1.03. The average molecular weight is 362 g/mol. The zero-order valence-corrected chi connectivity index (χ0v) is 15.0. The lowest BCUT2D eigenvalue weighted by Gasteiger charge is -2.19. The molecule has 0 spiro atoms. The van der Waals surface area contributed by atoms with Crippen LogP contribution >= 0.6 is 0 Å². The number of carbonyl (C=O) groups is 3.